The largest absolute Gasteiger partial charge is 0.749 e. The SMILES string of the molecule is O=P([O-])(F)F.O=P([O-])(F)F.[Ag]. The molecule has 0 fully saturated rings. The van der Waals surface area contributed by atoms with E-state index in [1.807, 2.05) is 0 Å². The molecule has 0 saturated carbocycles. The Morgan fingerprint density at radius 1 is 0.818 bits per heavy atom. The van der Waals surface area contributed by atoms with Gasteiger partial charge in [-0.1, -0.05) is 0 Å². The van der Waals surface area contributed by atoms with E-state index in [0.717, 1.165) is 0 Å². The first kappa shape index (κ1) is 17.8. The van der Waals surface area contributed by atoms with Gasteiger partial charge in [0.1, 0.15) is 0 Å². The van der Waals surface area contributed by atoms with Crippen LogP contribution in [0.4, 0.5) is 16.8 Å². The second-order valence-electron chi connectivity index (χ2n) is 0.829. The van der Waals surface area contributed by atoms with Gasteiger partial charge in [-0.3, -0.25) is 9.13 Å². The van der Waals surface area contributed by atoms with E-state index in [4.69, 9.17) is 18.9 Å². The van der Waals surface area contributed by atoms with Crippen LogP contribution in [-0.4, -0.2) is 0 Å². The van der Waals surface area contributed by atoms with E-state index in [-0.39, 0.29) is 22.4 Å². The van der Waals surface area contributed by atoms with Crippen LogP contribution in [0, 0.1) is 0 Å². The Bertz CT molecular complexity index is 132. The fourth-order valence-corrected chi connectivity index (χ4v) is 0. The molecule has 0 bridgehead atoms. The van der Waals surface area contributed by atoms with Crippen molar-refractivity contribution in [2.24, 2.45) is 0 Å². The van der Waals surface area contributed by atoms with Gasteiger partial charge in [0.15, 0.2) is 0 Å². The minimum Gasteiger partial charge on any atom is -0.749 e. The zero-order chi connectivity index (χ0) is 9.00. The summed E-state index contributed by atoms with van der Waals surface area (Å²) in [5, 5.41) is 0. The van der Waals surface area contributed by atoms with Crippen LogP contribution in [0.1, 0.15) is 0 Å². The summed E-state index contributed by atoms with van der Waals surface area (Å²) in [6, 6.07) is 0. The number of hydrogen-bond acceptors (Lipinski definition) is 4. The van der Waals surface area contributed by atoms with Crippen molar-refractivity contribution in [1.82, 2.24) is 0 Å². The normalized spacial score (nSPS) is 10.7. The Kier molecular flexibility index (Phi) is 10.3. The minimum atomic E-state index is -5.89. The summed E-state index contributed by atoms with van der Waals surface area (Å²) in [6.07, 6.45) is 0. The van der Waals surface area contributed by atoms with Gasteiger partial charge in [0.05, 0.1) is 0 Å². The van der Waals surface area contributed by atoms with Crippen molar-refractivity contribution < 1.29 is 58.1 Å². The fraction of sp³-hybridized carbons (Fsp3) is 0. The molecule has 0 amide bonds. The van der Waals surface area contributed by atoms with Crippen LogP contribution in [0.3, 0.4) is 0 Å². The molecule has 0 aromatic rings. The topological polar surface area (TPSA) is 80.3 Å². The van der Waals surface area contributed by atoms with Crippen LogP contribution >= 0.6 is 16.0 Å². The van der Waals surface area contributed by atoms with E-state index in [9.17, 15) is 16.8 Å². The molecule has 1 radical (unpaired) electrons. The van der Waals surface area contributed by atoms with Crippen LogP contribution in [-0.2, 0) is 31.5 Å². The van der Waals surface area contributed by atoms with Crippen molar-refractivity contribution in [3.8, 4) is 0 Å². The molecule has 0 aromatic heterocycles. The molecule has 0 aromatic carbocycles. The van der Waals surface area contributed by atoms with Crippen molar-refractivity contribution in [3.63, 3.8) is 0 Å². The maximum Gasteiger partial charge on any atom is 0.345 e. The molecule has 0 unspecified atom stereocenters. The Balaban J connectivity index is -0.000000107. The smallest absolute Gasteiger partial charge is 0.345 e. The van der Waals surface area contributed by atoms with E-state index >= 15 is 0 Å². The zero-order valence-electron chi connectivity index (χ0n) is 4.34. The molecule has 11 heteroatoms. The molecular formula is AgF4O4P2-2. The van der Waals surface area contributed by atoms with Crippen LogP contribution in [0.15, 0.2) is 0 Å². The summed E-state index contributed by atoms with van der Waals surface area (Å²) in [5.41, 5.74) is 0. The van der Waals surface area contributed by atoms with E-state index in [0.29, 0.717) is 0 Å². The Morgan fingerprint density at radius 2 is 0.818 bits per heavy atom. The first-order chi connectivity index (χ1) is 4.00. The molecule has 0 rings (SSSR count). The van der Waals surface area contributed by atoms with E-state index in [1.54, 1.807) is 0 Å². The fourth-order valence-electron chi connectivity index (χ4n) is 0. The third-order valence-electron chi connectivity index (χ3n) is 0. The summed E-state index contributed by atoms with van der Waals surface area (Å²) in [4.78, 5) is 16.7. The van der Waals surface area contributed by atoms with Gasteiger partial charge in [-0.15, -0.1) is 0 Å². The third kappa shape index (κ3) is 1200. The van der Waals surface area contributed by atoms with Crippen molar-refractivity contribution in [2.45, 2.75) is 0 Å². The number of rotatable bonds is 0. The van der Waals surface area contributed by atoms with Gasteiger partial charge < -0.3 is 9.79 Å². The van der Waals surface area contributed by atoms with E-state index < -0.39 is 16.0 Å². The van der Waals surface area contributed by atoms with Crippen molar-refractivity contribution in [3.05, 3.63) is 0 Å². The molecule has 0 saturated heterocycles. The number of hydrogen-bond donors (Lipinski definition) is 0. The average Bonchev–Trinajstić information content (AvgIpc) is 1.12. The molecule has 0 spiro atoms. The standard InChI is InChI=1S/Ag.2F2HO2P/c;2*1-5(2,3)4/h;2*(H,3,4)/p-2. The molecule has 0 atom stereocenters. The van der Waals surface area contributed by atoms with Crippen molar-refractivity contribution in [1.29, 1.82) is 0 Å². The first-order valence-electron chi connectivity index (χ1n) is 1.41. The van der Waals surface area contributed by atoms with Crippen molar-refractivity contribution >= 4 is 16.0 Å². The van der Waals surface area contributed by atoms with Crippen LogP contribution in [0.5, 0.6) is 0 Å². The molecule has 0 aliphatic heterocycles. The monoisotopic (exact) mass is 309 g/mol. The van der Waals surface area contributed by atoms with Gasteiger partial charge >= 0.3 is 16.0 Å². The van der Waals surface area contributed by atoms with Gasteiger partial charge in [0, 0.05) is 22.4 Å². The van der Waals surface area contributed by atoms with E-state index in [1.165, 1.54) is 0 Å². The maximum atomic E-state index is 10.0. The van der Waals surface area contributed by atoms with Gasteiger partial charge in [-0.05, 0) is 0 Å². The Morgan fingerprint density at radius 3 is 0.818 bits per heavy atom. The number of halogens is 4. The van der Waals surface area contributed by atoms with E-state index in [2.05, 4.69) is 0 Å². The molecule has 0 heterocycles. The van der Waals surface area contributed by atoms with Crippen LogP contribution in [0.25, 0.3) is 0 Å². The molecule has 0 N–H and O–H groups in total. The van der Waals surface area contributed by atoms with Crippen LogP contribution < -0.4 is 9.79 Å². The summed E-state index contributed by atoms with van der Waals surface area (Å²) in [7, 11) is -11.8. The Hall–Kier alpha value is 0.840. The quantitative estimate of drug-likeness (QED) is 0.376. The predicted molar refractivity (Wildman–Crippen MR) is 19.6 cm³/mol. The third-order valence-corrected chi connectivity index (χ3v) is 0. The molecule has 0 aliphatic rings. The summed E-state index contributed by atoms with van der Waals surface area (Å²) < 4.78 is 56.7. The minimum absolute atomic E-state index is 0. The maximum absolute atomic E-state index is 10.0. The predicted octanol–water partition coefficient (Wildman–Crippen LogP) is 0.785. The molecule has 0 aliphatic carbocycles. The van der Waals surface area contributed by atoms with Gasteiger partial charge in [-0.25, -0.2) is 0 Å². The summed E-state index contributed by atoms with van der Waals surface area (Å²) in [5.74, 6) is 0. The molecule has 75 valence electrons. The second-order valence-corrected chi connectivity index (χ2v) is 2.49. The van der Waals surface area contributed by atoms with Gasteiger partial charge in [0.2, 0.25) is 0 Å². The average molecular weight is 310 g/mol. The summed E-state index contributed by atoms with van der Waals surface area (Å²) >= 11 is 0. The summed E-state index contributed by atoms with van der Waals surface area (Å²) in [6.45, 7) is 0. The molecule has 11 heavy (non-hydrogen) atoms. The molecule has 4 nitrogen and oxygen atoms in total. The first-order valence-corrected chi connectivity index (χ1v) is 4.22. The zero-order valence-corrected chi connectivity index (χ0v) is 7.61. The second kappa shape index (κ2) is 6.37. The Labute approximate surface area is 74.5 Å². The van der Waals surface area contributed by atoms with Gasteiger partial charge in [0.25, 0.3) is 0 Å². The van der Waals surface area contributed by atoms with Crippen LogP contribution in [0.2, 0.25) is 0 Å². The molecular weight excluding hydrogens is 310 g/mol. The van der Waals surface area contributed by atoms with Crippen molar-refractivity contribution in [2.75, 3.05) is 0 Å². The van der Waals surface area contributed by atoms with Gasteiger partial charge in [-0.2, -0.15) is 16.8 Å².